The molecule has 480 valence electrons. The fourth-order valence-electron chi connectivity index (χ4n) is 16.0. The van der Waals surface area contributed by atoms with E-state index in [1.165, 1.54) is 276 Å². The Morgan fingerprint density at radius 1 is 0.0556 bits per heavy atom. The molecule has 10 aromatic carbocycles. The lowest BCUT2D eigenvalue weighted by molar-refractivity contribution is 1.13. The van der Waals surface area contributed by atoms with E-state index >= 15 is 0 Å². The van der Waals surface area contributed by atoms with E-state index in [4.69, 9.17) is 0 Å². The summed E-state index contributed by atoms with van der Waals surface area (Å²) in [5, 5.41) is 14.8. The SMILES string of the molecule is Cc1c(C)c(C)c(C)c(C)c1C.Cc1c(C)c(C)c2c(C)c(C)c(C)c(C)c2c1C.Cc1c(C)c(C)c2c(C)c(C)c(C)c(C)c2c1C.Cc1c(C)c(C)c2c(C)c(C)c(C)c(C)c2c1C.Cc1c(C)c(C)c2c(C)c3c(C)c(C)c(C)c(C)c3c(C)c2c1C. The number of hydrogen-bond acceptors (Lipinski definition) is 0. The van der Waals surface area contributed by atoms with E-state index < -0.39 is 0 Å². The highest BCUT2D eigenvalue weighted by Crippen LogP contribution is 2.44. The number of rotatable bonds is 0. The quantitative estimate of drug-likeness (QED) is 0.133. The van der Waals surface area contributed by atoms with Crippen LogP contribution in [-0.2, 0) is 0 Å². The third-order valence-corrected chi connectivity index (χ3v) is 25.6. The molecule has 90 heavy (non-hydrogen) atoms. The van der Waals surface area contributed by atoms with Crippen molar-refractivity contribution in [2.45, 2.75) is 277 Å². The summed E-state index contributed by atoms with van der Waals surface area (Å²) in [4.78, 5) is 0. The third kappa shape index (κ3) is 11.6. The molecule has 10 rings (SSSR count). The van der Waals surface area contributed by atoms with Crippen molar-refractivity contribution in [1.82, 2.24) is 0 Å². The van der Waals surface area contributed by atoms with Gasteiger partial charge in [0, 0.05) is 0 Å². The summed E-state index contributed by atoms with van der Waals surface area (Å²) >= 11 is 0. The Balaban J connectivity index is 0.000000182. The fraction of sp³-hybridized carbons (Fsp3) is 0.444. The number of hydrogen-bond donors (Lipinski definition) is 0. The van der Waals surface area contributed by atoms with Crippen molar-refractivity contribution >= 4 is 53.9 Å². The van der Waals surface area contributed by atoms with Crippen LogP contribution in [0.5, 0.6) is 0 Å². The van der Waals surface area contributed by atoms with Gasteiger partial charge in [0.2, 0.25) is 0 Å². The van der Waals surface area contributed by atoms with Crippen LogP contribution in [-0.4, -0.2) is 0 Å². The zero-order chi connectivity index (χ0) is 68.9. The molecule has 0 nitrogen and oxygen atoms in total. The highest BCUT2D eigenvalue weighted by atomic mass is 14.3. The summed E-state index contributed by atoms with van der Waals surface area (Å²) in [6.45, 7) is 90.4. The molecule has 0 aliphatic heterocycles. The third-order valence-electron chi connectivity index (χ3n) is 25.6. The maximum absolute atomic E-state index is 2.33. The first-order chi connectivity index (χ1) is 41.4. The van der Waals surface area contributed by atoms with Crippen molar-refractivity contribution in [2.75, 3.05) is 0 Å². The molecule has 0 aliphatic carbocycles. The second kappa shape index (κ2) is 26.6. The van der Waals surface area contributed by atoms with E-state index in [9.17, 15) is 0 Å². The van der Waals surface area contributed by atoms with E-state index in [0.29, 0.717) is 0 Å². The Labute approximate surface area is 550 Å². The second-order valence-electron chi connectivity index (χ2n) is 28.8. The Kier molecular flexibility index (Phi) is 21.5. The van der Waals surface area contributed by atoms with Crippen LogP contribution in [0.1, 0.15) is 223 Å². The van der Waals surface area contributed by atoms with Crippen LogP contribution in [0.15, 0.2) is 0 Å². The van der Waals surface area contributed by atoms with Crippen LogP contribution in [0.2, 0.25) is 0 Å². The van der Waals surface area contributed by atoms with Crippen molar-refractivity contribution in [2.24, 2.45) is 0 Å². The van der Waals surface area contributed by atoms with Gasteiger partial charge >= 0.3 is 0 Å². The molecule has 0 radical (unpaired) electrons. The van der Waals surface area contributed by atoms with Crippen molar-refractivity contribution in [3.63, 3.8) is 0 Å². The highest BCUT2D eigenvalue weighted by Gasteiger charge is 2.23. The average Bonchev–Trinajstić information content (AvgIpc) is 0.741. The largest absolute Gasteiger partial charge is 0.0447 e. The van der Waals surface area contributed by atoms with E-state index in [-0.39, 0.29) is 0 Å². The molecule has 0 unspecified atom stereocenters. The number of aryl methyl sites for hydroxylation is 18. The molecule has 0 aromatic heterocycles. The summed E-state index contributed by atoms with van der Waals surface area (Å²) in [7, 11) is 0. The van der Waals surface area contributed by atoms with Crippen molar-refractivity contribution < 1.29 is 0 Å². The first-order valence-electron chi connectivity index (χ1n) is 33.8. The second-order valence-corrected chi connectivity index (χ2v) is 28.8. The van der Waals surface area contributed by atoms with Gasteiger partial charge in [0.25, 0.3) is 0 Å². The van der Waals surface area contributed by atoms with E-state index in [1.807, 2.05) is 0 Å². The standard InChI is InChI=1S/C24H30.3C18H24.C12H18/c1-11-12(2)16(6)22-20(10)24-18(8)14(4)13(3)17(7)23(24)19(9)21(22)15(11)5;3*1-9-10(2)14(6)18-16(8)12(4)11(3)15(7)17(18)13(9)5;1-7-8(2)10(4)12(6)11(5)9(7)3/h1-10H3;3*1-8H3;1-6H3. The van der Waals surface area contributed by atoms with Crippen LogP contribution < -0.4 is 0 Å². The molecule has 0 atom stereocenters. The van der Waals surface area contributed by atoms with Gasteiger partial charge in [-0.15, -0.1) is 0 Å². The van der Waals surface area contributed by atoms with Crippen LogP contribution in [0.4, 0.5) is 0 Å². The molecular formula is C90H120. The van der Waals surface area contributed by atoms with Gasteiger partial charge in [-0.05, 0) is 553 Å². The lowest BCUT2D eigenvalue weighted by Crippen LogP contribution is -2.03. The summed E-state index contributed by atoms with van der Waals surface area (Å²) in [5.74, 6) is 0. The van der Waals surface area contributed by atoms with Gasteiger partial charge in [-0.25, -0.2) is 0 Å². The number of benzene rings is 10. The summed E-state index contributed by atoms with van der Waals surface area (Å²) in [5.41, 5.74) is 58.1. The monoisotopic (exact) mass is 1200 g/mol. The van der Waals surface area contributed by atoms with Crippen LogP contribution in [0.25, 0.3) is 53.9 Å². The first-order valence-corrected chi connectivity index (χ1v) is 33.8. The molecule has 0 bridgehead atoms. The molecule has 0 heteroatoms. The van der Waals surface area contributed by atoms with Crippen molar-refractivity contribution in [3.05, 3.63) is 223 Å². The van der Waals surface area contributed by atoms with Gasteiger partial charge in [-0.1, -0.05) is 0 Å². The zero-order valence-corrected chi connectivity index (χ0v) is 65.0. The molecule has 10 aromatic rings. The highest BCUT2D eigenvalue weighted by molar-refractivity contribution is 6.11. The average molecular weight is 1200 g/mol. The molecule has 0 aliphatic rings. The Morgan fingerprint density at radius 2 is 0.100 bits per heavy atom. The van der Waals surface area contributed by atoms with Gasteiger partial charge in [0.15, 0.2) is 0 Å². The van der Waals surface area contributed by atoms with Gasteiger partial charge in [0.1, 0.15) is 0 Å². The molecule has 0 heterocycles. The fourth-order valence-corrected chi connectivity index (χ4v) is 16.0. The van der Waals surface area contributed by atoms with Crippen molar-refractivity contribution in [3.8, 4) is 0 Å². The molecule has 0 saturated heterocycles. The lowest BCUT2D eigenvalue weighted by atomic mass is 9.80. The molecule has 0 fully saturated rings. The van der Waals surface area contributed by atoms with Crippen LogP contribution in [0.3, 0.4) is 0 Å². The predicted molar refractivity (Wildman–Crippen MR) is 409 cm³/mol. The van der Waals surface area contributed by atoms with Crippen molar-refractivity contribution in [1.29, 1.82) is 0 Å². The Bertz CT molecular complexity index is 3780. The van der Waals surface area contributed by atoms with Gasteiger partial charge in [-0.3, -0.25) is 0 Å². The zero-order valence-electron chi connectivity index (χ0n) is 65.0. The van der Waals surface area contributed by atoms with E-state index in [0.717, 1.165) is 0 Å². The molecule has 0 spiro atoms. The topological polar surface area (TPSA) is 0 Å². The van der Waals surface area contributed by atoms with E-state index in [1.54, 1.807) is 0 Å². The van der Waals surface area contributed by atoms with Gasteiger partial charge in [0.05, 0.1) is 0 Å². The smallest absolute Gasteiger partial charge is 0.0111 e. The van der Waals surface area contributed by atoms with Gasteiger partial charge in [-0.2, -0.15) is 0 Å². The van der Waals surface area contributed by atoms with Gasteiger partial charge < -0.3 is 0 Å². The molecule has 0 N–H and O–H groups in total. The minimum atomic E-state index is 1.44. The Morgan fingerprint density at radius 3 is 0.167 bits per heavy atom. The summed E-state index contributed by atoms with van der Waals surface area (Å²) < 4.78 is 0. The first kappa shape index (κ1) is 72.6. The lowest BCUT2D eigenvalue weighted by Gasteiger charge is -2.24. The van der Waals surface area contributed by atoms with Crippen LogP contribution >= 0.6 is 0 Å². The molecule has 0 amide bonds. The normalized spacial score (nSPS) is 11.3. The predicted octanol–water partition coefficient (Wildman–Crippen LogP) is 26.5. The maximum atomic E-state index is 2.33. The number of fused-ring (bicyclic) bond motifs is 5. The molecular weight excluding hydrogens is 1080 g/mol. The summed E-state index contributed by atoms with van der Waals surface area (Å²) in [6.07, 6.45) is 0. The Hall–Kier alpha value is -6.50. The maximum Gasteiger partial charge on any atom is -0.0111 e. The molecule has 0 saturated carbocycles. The summed E-state index contributed by atoms with van der Waals surface area (Å²) in [6, 6.07) is 0. The minimum absolute atomic E-state index is 1.44. The van der Waals surface area contributed by atoms with E-state index in [2.05, 4.69) is 277 Å². The van der Waals surface area contributed by atoms with Crippen LogP contribution in [0, 0.1) is 277 Å². The minimum Gasteiger partial charge on any atom is -0.0447 e.